The van der Waals surface area contributed by atoms with E-state index in [1.54, 1.807) is 0 Å². The molecule has 4 rings (SSSR count). The average molecular weight is 438 g/mol. The first-order chi connectivity index (χ1) is 15.1. The van der Waals surface area contributed by atoms with E-state index in [-0.39, 0.29) is 17.7 Å². The third-order valence-electron chi connectivity index (χ3n) is 6.01. The summed E-state index contributed by atoms with van der Waals surface area (Å²) in [5.74, 6) is 0.0641. The molecule has 1 aromatic heterocycles. The van der Waals surface area contributed by atoms with E-state index < -0.39 is 0 Å². The number of nitrogens with zero attached hydrogens (tertiary/aromatic N) is 2. The van der Waals surface area contributed by atoms with Crippen LogP contribution in [0.2, 0.25) is 5.02 Å². The number of fused-ring (bicyclic) bond motifs is 1. The minimum Gasteiger partial charge on any atom is -0.356 e. The molecule has 1 aliphatic rings. The van der Waals surface area contributed by atoms with Gasteiger partial charge in [0.15, 0.2) is 0 Å². The number of likely N-dealkylation sites (tertiary alicyclic amines) is 1. The summed E-state index contributed by atoms with van der Waals surface area (Å²) in [4.78, 5) is 26.8. The van der Waals surface area contributed by atoms with E-state index in [9.17, 15) is 9.59 Å². The molecule has 1 aliphatic heterocycles. The fourth-order valence-electron chi connectivity index (χ4n) is 4.20. The number of hydrogen-bond donors (Lipinski definition) is 1. The molecule has 162 valence electrons. The van der Waals surface area contributed by atoms with Crippen LogP contribution in [0.1, 0.15) is 24.8 Å². The van der Waals surface area contributed by atoms with Gasteiger partial charge in [-0.05, 0) is 54.5 Å². The van der Waals surface area contributed by atoms with Crippen molar-refractivity contribution in [3.05, 3.63) is 71.4 Å². The molecule has 1 atom stereocenters. The van der Waals surface area contributed by atoms with E-state index in [4.69, 9.17) is 11.6 Å². The van der Waals surface area contributed by atoms with E-state index in [1.807, 2.05) is 41.3 Å². The topological polar surface area (TPSA) is 54.3 Å². The zero-order valence-corrected chi connectivity index (χ0v) is 18.4. The molecule has 1 N–H and O–H groups in total. The zero-order valence-electron chi connectivity index (χ0n) is 17.6. The minimum atomic E-state index is -0.129. The molecule has 5 nitrogen and oxygen atoms in total. The summed E-state index contributed by atoms with van der Waals surface area (Å²) in [6.07, 6.45) is 4.80. The molecule has 3 aromatic rings. The van der Waals surface area contributed by atoms with Crippen LogP contribution in [-0.2, 0) is 22.6 Å². The van der Waals surface area contributed by atoms with Gasteiger partial charge in [0.2, 0.25) is 11.8 Å². The van der Waals surface area contributed by atoms with E-state index in [0.29, 0.717) is 37.5 Å². The Labute approximate surface area is 188 Å². The third kappa shape index (κ3) is 5.47. The molecule has 0 aliphatic carbocycles. The number of hydrogen-bond acceptors (Lipinski definition) is 2. The minimum absolute atomic E-state index is 0.0568. The van der Waals surface area contributed by atoms with Crippen LogP contribution in [0.4, 0.5) is 0 Å². The lowest BCUT2D eigenvalue weighted by molar-refractivity contribution is -0.138. The molecule has 31 heavy (non-hydrogen) atoms. The van der Waals surface area contributed by atoms with Crippen LogP contribution in [0.15, 0.2) is 60.8 Å². The van der Waals surface area contributed by atoms with Gasteiger partial charge in [0.05, 0.1) is 5.92 Å². The van der Waals surface area contributed by atoms with Crippen molar-refractivity contribution in [2.24, 2.45) is 5.92 Å². The number of carbonyl (C=O) groups excluding carboxylic acids is 2. The second-order valence-corrected chi connectivity index (χ2v) is 8.60. The quantitative estimate of drug-likeness (QED) is 0.535. The number of carbonyl (C=O) groups is 2. The molecule has 0 radical (unpaired) electrons. The number of nitrogens with one attached hydrogen (secondary N) is 1. The van der Waals surface area contributed by atoms with Gasteiger partial charge in [0.25, 0.3) is 0 Å². The van der Waals surface area contributed by atoms with Gasteiger partial charge < -0.3 is 14.8 Å². The van der Waals surface area contributed by atoms with E-state index in [0.717, 1.165) is 24.9 Å². The Bertz CT molecular complexity index is 1040. The maximum absolute atomic E-state index is 12.7. The number of piperidine rings is 1. The van der Waals surface area contributed by atoms with E-state index in [2.05, 4.69) is 34.3 Å². The van der Waals surface area contributed by atoms with E-state index in [1.165, 1.54) is 10.9 Å². The number of benzene rings is 2. The highest BCUT2D eigenvalue weighted by atomic mass is 35.5. The first kappa shape index (κ1) is 21.4. The van der Waals surface area contributed by atoms with Gasteiger partial charge in [-0.2, -0.15) is 0 Å². The van der Waals surface area contributed by atoms with Crippen LogP contribution in [0.5, 0.6) is 0 Å². The monoisotopic (exact) mass is 437 g/mol. The van der Waals surface area contributed by atoms with Gasteiger partial charge in [-0.15, -0.1) is 0 Å². The van der Waals surface area contributed by atoms with Gasteiger partial charge in [0.1, 0.15) is 0 Å². The number of halogens is 1. The maximum Gasteiger partial charge on any atom is 0.224 e. The molecule has 2 aromatic carbocycles. The second-order valence-electron chi connectivity index (χ2n) is 8.16. The van der Waals surface area contributed by atoms with Gasteiger partial charge in [-0.1, -0.05) is 41.9 Å². The molecule has 1 fully saturated rings. The molecule has 0 saturated carbocycles. The molecular formula is C25H28ClN3O2. The van der Waals surface area contributed by atoms with Gasteiger partial charge >= 0.3 is 0 Å². The first-order valence-corrected chi connectivity index (χ1v) is 11.3. The van der Waals surface area contributed by atoms with Crippen molar-refractivity contribution in [2.75, 3.05) is 19.6 Å². The first-order valence-electron chi connectivity index (χ1n) is 10.9. The van der Waals surface area contributed by atoms with Crippen LogP contribution >= 0.6 is 11.6 Å². The SMILES string of the molecule is O=C(NCCCn1ccc2ccccc21)C1CCC(=O)N(CCc2ccc(Cl)cc2)C1. The third-order valence-corrected chi connectivity index (χ3v) is 6.26. The van der Waals surface area contributed by atoms with Gasteiger partial charge in [-0.25, -0.2) is 0 Å². The molecule has 0 spiro atoms. The Hall–Kier alpha value is -2.79. The highest BCUT2D eigenvalue weighted by molar-refractivity contribution is 6.30. The van der Waals surface area contributed by atoms with Crippen molar-refractivity contribution in [1.29, 1.82) is 0 Å². The van der Waals surface area contributed by atoms with Crippen molar-refractivity contribution in [2.45, 2.75) is 32.2 Å². The molecule has 2 heterocycles. The van der Waals surface area contributed by atoms with Crippen molar-refractivity contribution < 1.29 is 9.59 Å². The second kappa shape index (κ2) is 10.0. The Morgan fingerprint density at radius 3 is 2.71 bits per heavy atom. The molecule has 0 bridgehead atoms. The van der Waals surface area contributed by atoms with Gasteiger partial charge in [0, 0.05) is 49.3 Å². The summed E-state index contributed by atoms with van der Waals surface area (Å²) in [6.45, 7) is 2.64. The average Bonchev–Trinajstić information content (AvgIpc) is 3.20. The fraction of sp³-hybridized carbons (Fsp3) is 0.360. The summed E-state index contributed by atoms with van der Waals surface area (Å²) in [7, 11) is 0. The van der Waals surface area contributed by atoms with E-state index >= 15 is 0 Å². The van der Waals surface area contributed by atoms with Crippen molar-refractivity contribution in [3.8, 4) is 0 Å². The van der Waals surface area contributed by atoms with Crippen LogP contribution < -0.4 is 5.32 Å². The maximum atomic E-state index is 12.7. The number of aryl methyl sites for hydroxylation is 1. The Balaban J connectivity index is 1.22. The predicted octanol–water partition coefficient (Wildman–Crippen LogP) is 4.28. The highest BCUT2D eigenvalue weighted by Crippen LogP contribution is 2.19. The number of amides is 2. The van der Waals surface area contributed by atoms with Crippen molar-refractivity contribution >= 4 is 34.3 Å². The number of rotatable bonds is 8. The predicted molar refractivity (Wildman–Crippen MR) is 124 cm³/mol. The summed E-state index contributed by atoms with van der Waals surface area (Å²) >= 11 is 5.93. The Morgan fingerprint density at radius 1 is 1.06 bits per heavy atom. The standard InChI is InChI=1S/C25H28ClN3O2/c26-22-9-6-19(7-10-22)12-16-29-18-21(8-11-24(29)30)25(31)27-14-3-15-28-17-13-20-4-1-2-5-23(20)28/h1-2,4-7,9-10,13,17,21H,3,8,11-12,14-16,18H2,(H,27,31). The van der Waals surface area contributed by atoms with Crippen LogP contribution in [0, 0.1) is 5.92 Å². The van der Waals surface area contributed by atoms with Crippen LogP contribution in [-0.4, -0.2) is 40.9 Å². The smallest absolute Gasteiger partial charge is 0.224 e. The fourth-order valence-corrected chi connectivity index (χ4v) is 4.33. The largest absolute Gasteiger partial charge is 0.356 e. The van der Waals surface area contributed by atoms with Crippen LogP contribution in [0.25, 0.3) is 10.9 Å². The highest BCUT2D eigenvalue weighted by Gasteiger charge is 2.29. The Kier molecular flexibility index (Phi) is 6.92. The molecular weight excluding hydrogens is 410 g/mol. The summed E-state index contributed by atoms with van der Waals surface area (Å²) in [6, 6.07) is 18.1. The number of para-hydroxylation sites is 1. The molecule has 6 heteroatoms. The lowest BCUT2D eigenvalue weighted by atomic mass is 9.96. The Morgan fingerprint density at radius 2 is 1.87 bits per heavy atom. The van der Waals surface area contributed by atoms with Gasteiger partial charge in [-0.3, -0.25) is 9.59 Å². The summed E-state index contributed by atoms with van der Waals surface area (Å²) in [5, 5.41) is 5.01. The van der Waals surface area contributed by atoms with Crippen molar-refractivity contribution in [1.82, 2.24) is 14.8 Å². The van der Waals surface area contributed by atoms with Crippen LogP contribution in [0.3, 0.4) is 0 Å². The summed E-state index contributed by atoms with van der Waals surface area (Å²) in [5.41, 5.74) is 2.36. The van der Waals surface area contributed by atoms with Crippen molar-refractivity contribution in [3.63, 3.8) is 0 Å². The summed E-state index contributed by atoms with van der Waals surface area (Å²) < 4.78 is 2.22. The number of aromatic nitrogens is 1. The molecule has 1 saturated heterocycles. The lowest BCUT2D eigenvalue weighted by Crippen LogP contribution is -2.46. The zero-order chi connectivity index (χ0) is 21.6. The lowest BCUT2D eigenvalue weighted by Gasteiger charge is -2.32. The molecule has 1 unspecified atom stereocenters. The molecule has 2 amide bonds. The normalized spacial score (nSPS) is 16.6.